The van der Waals surface area contributed by atoms with Gasteiger partial charge in [-0.1, -0.05) is 32.9 Å². The quantitative estimate of drug-likeness (QED) is 0.523. The molecule has 0 aliphatic rings. The Morgan fingerprint density at radius 3 is 2.37 bits per heavy atom. The predicted octanol–water partition coefficient (Wildman–Crippen LogP) is 3.41. The Labute approximate surface area is 176 Å². The van der Waals surface area contributed by atoms with E-state index in [-0.39, 0.29) is 35.6 Å². The van der Waals surface area contributed by atoms with Crippen LogP contribution >= 0.6 is 0 Å². The zero-order valence-electron chi connectivity index (χ0n) is 17.9. The topological polar surface area (TPSA) is 102 Å². The maximum absolute atomic E-state index is 12.6. The number of likely N-dealkylation sites (N-methyl/N-ethyl adjacent to an activating group) is 1. The van der Waals surface area contributed by atoms with Crippen LogP contribution in [0.1, 0.15) is 36.7 Å². The van der Waals surface area contributed by atoms with Crippen molar-refractivity contribution in [2.45, 2.75) is 32.3 Å². The van der Waals surface area contributed by atoms with Crippen LogP contribution < -0.4 is 9.47 Å². The summed E-state index contributed by atoms with van der Waals surface area (Å²) < 4.78 is 10.6. The van der Waals surface area contributed by atoms with Crippen molar-refractivity contribution >= 4 is 11.6 Å². The number of aliphatic hydroxyl groups is 1. The zero-order valence-corrected chi connectivity index (χ0v) is 17.9. The van der Waals surface area contributed by atoms with Crippen LogP contribution in [-0.2, 0) is 5.41 Å². The summed E-state index contributed by atoms with van der Waals surface area (Å²) in [5, 5.41) is 21.4. The summed E-state index contributed by atoms with van der Waals surface area (Å²) in [7, 11) is 2.84. The standard InChI is InChI=1S/C22H28N2O6/c1-22(2,3)16-7-9-18(10-8-16)30-14-17(25)13-23(4)21(26)15-6-11-20(29-5)19(12-15)24(27)28/h6-12,17,25H,13-14H2,1-5H3. The van der Waals surface area contributed by atoms with Crippen LogP contribution in [-0.4, -0.2) is 54.3 Å². The molecule has 162 valence electrons. The van der Waals surface area contributed by atoms with E-state index in [1.165, 1.54) is 36.8 Å². The van der Waals surface area contributed by atoms with Crippen molar-refractivity contribution < 1.29 is 24.3 Å². The highest BCUT2D eigenvalue weighted by Gasteiger charge is 2.21. The molecule has 1 unspecified atom stereocenters. The van der Waals surface area contributed by atoms with Crippen LogP contribution in [0.4, 0.5) is 5.69 Å². The van der Waals surface area contributed by atoms with Crippen LogP contribution in [0.2, 0.25) is 0 Å². The van der Waals surface area contributed by atoms with Crippen LogP contribution in [0, 0.1) is 10.1 Å². The van der Waals surface area contributed by atoms with Gasteiger partial charge >= 0.3 is 5.69 Å². The number of methoxy groups -OCH3 is 1. The molecule has 1 N–H and O–H groups in total. The highest BCUT2D eigenvalue weighted by molar-refractivity contribution is 5.95. The molecular formula is C22H28N2O6. The lowest BCUT2D eigenvalue weighted by Gasteiger charge is -2.22. The van der Waals surface area contributed by atoms with Gasteiger partial charge in [-0.05, 0) is 35.2 Å². The molecule has 1 atom stereocenters. The van der Waals surface area contributed by atoms with Gasteiger partial charge in [0.05, 0.1) is 12.0 Å². The molecule has 0 saturated heterocycles. The maximum Gasteiger partial charge on any atom is 0.311 e. The summed E-state index contributed by atoms with van der Waals surface area (Å²) in [6, 6.07) is 11.6. The summed E-state index contributed by atoms with van der Waals surface area (Å²) in [4.78, 5) is 24.4. The molecule has 2 aromatic rings. The lowest BCUT2D eigenvalue weighted by molar-refractivity contribution is -0.385. The van der Waals surface area contributed by atoms with Crippen molar-refractivity contribution in [2.24, 2.45) is 0 Å². The minimum absolute atomic E-state index is 0.00917. The molecule has 0 saturated carbocycles. The van der Waals surface area contributed by atoms with Crippen LogP contribution in [0.5, 0.6) is 11.5 Å². The van der Waals surface area contributed by atoms with Crippen molar-refractivity contribution in [3.8, 4) is 11.5 Å². The second-order valence-corrected chi connectivity index (χ2v) is 8.07. The number of aliphatic hydroxyl groups excluding tert-OH is 1. The monoisotopic (exact) mass is 416 g/mol. The van der Waals surface area contributed by atoms with E-state index in [2.05, 4.69) is 20.8 Å². The molecule has 0 fully saturated rings. The Bertz CT molecular complexity index is 889. The predicted molar refractivity (Wildman–Crippen MR) is 113 cm³/mol. The van der Waals surface area contributed by atoms with E-state index in [1.54, 1.807) is 0 Å². The first-order valence-electron chi connectivity index (χ1n) is 9.52. The van der Waals surface area contributed by atoms with Crippen molar-refractivity contribution in [1.29, 1.82) is 0 Å². The number of nitro benzene ring substituents is 1. The highest BCUT2D eigenvalue weighted by Crippen LogP contribution is 2.28. The fraction of sp³-hybridized carbons (Fsp3) is 0.409. The van der Waals surface area contributed by atoms with Crippen LogP contribution in [0.15, 0.2) is 42.5 Å². The van der Waals surface area contributed by atoms with E-state index in [1.807, 2.05) is 24.3 Å². The van der Waals surface area contributed by atoms with Gasteiger partial charge < -0.3 is 19.5 Å². The second kappa shape index (κ2) is 9.58. The summed E-state index contributed by atoms with van der Waals surface area (Å²) in [6.07, 6.45) is -0.922. The average Bonchev–Trinajstić information content (AvgIpc) is 2.70. The van der Waals surface area contributed by atoms with Crippen molar-refractivity contribution in [2.75, 3.05) is 27.3 Å². The van der Waals surface area contributed by atoms with Crippen molar-refractivity contribution in [3.63, 3.8) is 0 Å². The number of rotatable bonds is 8. The Kier molecular flexibility index (Phi) is 7.39. The summed E-state index contributed by atoms with van der Waals surface area (Å²) in [5.41, 5.74) is 1.06. The van der Waals surface area contributed by atoms with Gasteiger partial charge in [0.2, 0.25) is 0 Å². The van der Waals surface area contributed by atoms with Crippen molar-refractivity contribution in [3.05, 3.63) is 63.7 Å². The summed E-state index contributed by atoms with van der Waals surface area (Å²) in [6.45, 7) is 6.39. The van der Waals surface area contributed by atoms with E-state index >= 15 is 0 Å². The molecule has 0 aliphatic heterocycles. The molecule has 0 aliphatic carbocycles. The first-order valence-corrected chi connectivity index (χ1v) is 9.52. The first-order chi connectivity index (χ1) is 14.0. The number of amides is 1. The minimum Gasteiger partial charge on any atom is -0.491 e. The van der Waals surface area contributed by atoms with Gasteiger partial charge in [0.1, 0.15) is 18.5 Å². The van der Waals surface area contributed by atoms with E-state index < -0.39 is 16.9 Å². The zero-order chi connectivity index (χ0) is 22.5. The Morgan fingerprint density at radius 2 is 1.83 bits per heavy atom. The molecule has 0 aromatic heterocycles. The van der Waals surface area contributed by atoms with E-state index in [0.717, 1.165) is 6.07 Å². The SMILES string of the molecule is COc1ccc(C(=O)N(C)CC(O)COc2ccc(C(C)(C)C)cc2)cc1[N+](=O)[O-]. The molecule has 8 nitrogen and oxygen atoms in total. The fourth-order valence-corrected chi connectivity index (χ4v) is 2.88. The summed E-state index contributed by atoms with van der Waals surface area (Å²) >= 11 is 0. The Hall–Kier alpha value is -3.13. The number of carbonyl (C=O) groups is 1. The number of carbonyl (C=O) groups excluding carboxylic acids is 1. The van der Waals surface area contributed by atoms with E-state index in [4.69, 9.17) is 9.47 Å². The third-order valence-corrected chi connectivity index (χ3v) is 4.62. The van der Waals surface area contributed by atoms with Crippen LogP contribution in [0.3, 0.4) is 0 Å². The van der Waals surface area contributed by atoms with Crippen molar-refractivity contribution in [1.82, 2.24) is 4.90 Å². The third-order valence-electron chi connectivity index (χ3n) is 4.62. The Morgan fingerprint density at radius 1 is 1.20 bits per heavy atom. The number of nitro groups is 1. The molecule has 0 radical (unpaired) electrons. The normalized spacial score (nSPS) is 12.2. The number of nitrogens with zero attached hydrogens (tertiary/aromatic N) is 2. The third kappa shape index (κ3) is 5.93. The molecule has 30 heavy (non-hydrogen) atoms. The van der Waals surface area contributed by atoms with E-state index in [0.29, 0.717) is 5.75 Å². The van der Waals surface area contributed by atoms with Gasteiger partial charge in [0.25, 0.3) is 5.91 Å². The lowest BCUT2D eigenvalue weighted by Crippen LogP contribution is -2.37. The number of hydrogen-bond acceptors (Lipinski definition) is 6. The molecule has 0 bridgehead atoms. The molecule has 1 amide bonds. The van der Waals surface area contributed by atoms with Gasteiger partial charge in [-0.25, -0.2) is 0 Å². The first kappa shape index (κ1) is 23.2. The van der Waals surface area contributed by atoms with E-state index in [9.17, 15) is 20.0 Å². The summed E-state index contributed by atoms with van der Waals surface area (Å²) in [5.74, 6) is 0.251. The number of ether oxygens (including phenoxy) is 2. The molecular weight excluding hydrogens is 388 g/mol. The number of hydrogen-bond donors (Lipinski definition) is 1. The average molecular weight is 416 g/mol. The molecule has 8 heteroatoms. The van der Waals surface area contributed by atoms with Gasteiger partial charge in [-0.15, -0.1) is 0 Å². The van der Waals surface area contributed by atoms with Gasteiger partial charge in [-0.3, -0.25) is 14.9 Å². The smallest absolute Gasteiger partial charge is 0.311 e. The van der Waals surface area contributed by atoms with Gasteiger partial charge in [0, 0.05) is 25.2 Å². The highest BCUT2D eigenvalue weighted by atomic mass is 16.6. The number of benzene rings is 2. The molecule has 2 aromatic carbocycles. The van der Waals surface area contributed by atoms with Gasteiger partial charge in [0.15, 0.2) is 5.75 Å². The Balaban J connectivity index is 1.95. The minimum atomic E-state index is -0.922. The molecule has 0 heterocycles. The molecule has 2 rings (SSSR count). The van der Waals surface area contributed by atoms with Gasteiger partial charge in [-0.2, -0.15) is 0 Å². The van der Waals surface area contributed by atoms with Crippen LogP contribution in [0.25, 0.3) is 0 Å². The largest absolute Gasteiger partial charge is 0.491 e. The fourth-order valence-electron chi connectivity index (χ4n) is 2.88. The molecule has 0 spiro atoms. The maximum atomic E-state index is 12.6. The lowest BCUT2D eigenvalue weighted by atomic mass is 9.87. The second-order valence-electron chi connectivity index (χ2n) is 8.07.